The Labute approximate surface area is 110 Å². The minimum absolute atomic E-state index is 0.462. The third-order valence-corrected chi connectivity index (χ3v) is 3.42. The normalized spacial score (nSPS) is 12.6. The van der Waals surface area contributed by atoms with Crippen molar-refractivity contribution in [2.75, 3.05) is 7.05 Å². The first-order valence-corrected chi connectivity index (χ1v) is 6.61. The minimum atomic E-state index is 0.462. The minimum Gasteiger partial charge on any atom is -0.350 e. The maximum Gasteiger partial charge on any atom is 0.0470 e. The maximum absolute atomic E-state index is 3.34. The second kappa shape index (κ2) is 5.87. The van der Waals surface area contributed by atoms with E-state index in [0.29, 0.717) is 6.04 Å². The lowest BCUT2D eigenvalue weighted by Crippen LogP contribution is -2.14. The standard InChI is InChI=1S/C16H22N2/c1-4-16(17-3)15-9-10-18(12-15)11-14-7-5-13(2)6-8-14/h5-10,12,16-17H,4,11H2,1-3H3. The number of aryl methyl sites for hydroxylation is 1. The van der Waals surface area contributed by atoms with Gasteiger partial charge in [0.05, 0.1) is 0 Å². The molecule has 1 heterocycles. The van der Waals surface area contributed by atoms with E-state index in [0.717, 1.165) is 13.0 Å². The number of rotatable bonds is 5. The Morgan fingerprint density at radius 2 is 1.89 bits per heavy atom. The average molecular weight is 242 g/mol. The maximum atomic E-state index is 3.34. The quantitative estimate of drug-likeness (QED) is 0.849. The molecule has 0 spiro atoms. The topological polar surface area (TPSA) is 17.0 Å². The summed E-state index contributed by atoms with van der Waals surface area (Å²) in [7, 11) is 2.02. The van der Waals surface area contributed by atoms with Gasteiger partial charge in [-0.1, -0.05) is 36.8 Å². The number of nitrogens with one attached hydrogen (secondary N) is 1. The van der Waals surface area contributed by atoms with Crippen molar-refractivity contribution in [3.63, 3.8) is 0 Å². The van der Waals surface area contributed by atoms with Crippen LogP contribution in [-0.2, 0) is 6.54 Å². The number of hydrogen-bond acceptors (Lipinski definition) is 1. The molecule has 1 aromatic heterocycles. The molecule has 0 saturated carbocycles. The molecular formula is C16H22N2. The van der Waals surface area contributed by atoms with Crippen LogP contribution in [0.3, 0.4) is 0 Å². The molecule has 0 amide bonds. The SMILES string of the molecule is CCC(NC)c1ccn(Cc2ccc(C)cc2)c1. The van der Waals surface area contributed by atoms with E-state index < -0.39 is 0 Å². The summed E-state index contributed by atoms with van der Waals surface area (Å²) in [4.78, 5) is 0. The van der Waals surface area contributed by atoms with Crippen LogP contribution in [0.2, 0.25) is 0 Å². The van der Waals surface area contributed by atoms with Crippen molar-refractivity contribution in [3.05, 3.63) is 59.4 Å². The van der Waals surface area contributed by atoms with Crippen molar-refractivity contribution in [2.24, 2.45) is 0 Å². The zero-order valence-corrected chi connectivity index (χ0v) is 11.5. The van der Waals surface area contributed by atoms with Gasteiger partial charge >= 0.3 is 0 Å². The van der Waals surface area contributed by atoms with E-state index in [2.05, 4.69) is 66.5 Å². The largest absolute Gasteiger partial charge is 0.350 e. The number of hydrogen-bond donors (Lipinski definition) is 1. The van der Waals surface area contributed by atoms with Crippen LogP contribution < -0.4 is 5.32 Å². The molecule has 0 aliphatic carbocycles. The first-order valence-electron chi connectivity index (χ1n) is 6.61. The van der Waals surface area contributed by atoms with Crippen molar-refractivity contribution in [3.8, 4) is 0 Å². The van der Waals surface area contributed by atoms with E-state index >= 15 is 0 Å². The molecule has 18 heavy (non-hydrogen) atoms. The van der Waals surface area contributed by atoms with Crippen molar-refractivity contribution in [2.45, 2.75) is 32.9 Å². The highest BCUT2D eigenvalue weighted by molar-refractivity contribution is 5.23. The third kappa shape index (κ3) is 3.02. The Bertz CT molecular complexity index is 478. The third-order valence-electron chi connectivity index (χ3n) is 3.42. The number of benzene rings is 1. The molecule has 0 fully saturated rings. The lowest BCUT2D eigenvalue weighted by molar-refractivity contribution is 0.575. The van der Waals surface area contributed by atoms with E-state index in [9.17, 15) is 0 Å². The molecule has 1 atom stereocenters. The first-order chi connectivity index (χ1) is 8.72. The Morgan fingerprint density at radius 1 is 1.17 bits per heavy atom. The van der Waals surface area contributed by atoms with Crippen molar-refractivity contribution >= 4 is 0 Å². The van der Waals surface area contributed by atoms with Crippen molar-refractivity contribution in [1.29, 1.82) is 0 Å². The Hall–Kier alpha value is -1.54. The monoisotopic (exact) mass is 242 g/mol. The molecule has 0 radical (unpaired) electrons. The van der Waals surface area contributed by atoms with Gasteiger partial charge in [0.15, 0.2) is 0 Å². The summed E-state index contributed by atoms with van der Waals surface area (Å²) < 4.78 is 2.25. The molecule has 1 aromatic carbocycles. The molecule has 2 aromatic rings. The zero-order valence-electron chi connectivity index (χ0n) is 11.5. The van der Waals surface area contributed by atoms with Crippen LogP contribution in [0.4, 0.5) is 0 Å². The van der Waals surface area contributed by atoms with E-state index in [1.54, 1.807) is 0 Å². The number of nitrogens with zero attached hydrogens (tertiary/aromatic N) is 1. The fourth-order valence-corrected chi connectivity index (χ4v) is 2.27. The van der Waals surface area contributed by atoms with Crippen LogP contribution >= 0.6 is 0 Å². The summed E-state index contributed by atoms with van der Waals surface area (Å²) in [6, 6.07) is 11.4. The van der Waals surface area contributed by atoms with Gasteiger partial charge in [-0.25, -0.2) is 0 Å². The van der Waals surface area contributed by atoms with Crippen molar-refractivity contribution in [1.82, 2.24) is 9.88 Å². The highest BCUT2D eigenvalue weighted by atomic mass is 14.9. The van der Waals surface area contributed by atoms with Crippen LogP contribution in [0.15, 0.2) is 42.7 Å². The molecule has 0 saturated heterocycles. The summed E-state index contributed by atoms with van der Waals surface area (Å²) in [6.45, 7) is 5.27. The Kier molecular flexibility index (Phi) is 4.21. The smallest absolute Gasteiger partial charge is 0.0470 e. The van der Waals surface area contributed by atoms with Gasteiger partial charge in [-0.05, 0) is 37.6 Å². The zero-order chi connectivity index (χ0) is 13.0. The van der Waals surface area contributed by atoms with E-state index in [1.807, 2.05) is 7.05 Å². The second-order valence-corrected chi connectivity index (χ2v) is 4.85. The van der Waals surface area contributed by atoms with Gasteiger partial charge in [-0.2, -0.15) is 0 Å². The van der Waals surface area contributed by atoms with E-state index in [4.69, 9.17) is 0 Å². The van der Waals surface area contributed by atoms with Gasteiger partial charge in [-0.15, -0.1) is 0 Å². The van der Waals surface area contributed by atoms with E-state index in [1.165, 1.54) is 16.7 Å². The molecule has 0 aliphatic rings. The average Bonchev–Trinajstić information content (AvgIpc) is 2.82. The van der Waals surface area contributed by atoms with Gasteiger partial charge < -0.3 is 9.88 Å². The second-order valence-electron chi connectivity index (χ2n) is 4.85. The fourth-order valence-electron chi connectivity index (χ4n) is 2.27. The highest BCUT2D eigenvalue weighted by Crippen LogP contribution is 2.17. The molecule has 96 valence electrons. The molecular weight excluding hydrogens is 220 g/mol. The summed E-state index contributed by atoms with van der Waals surface area (Å²) in [5.74, 6) is 0. The lowest BCUT2D eigenvalue weighted by Gasteiger charge is -2.11. The number of aromatic nitrogens is 1. The molecule has 1 N–H and O–H groups in total. The Morgan fingerprint density at radius 3 is 2.50 bits per heavy atom. The van der Waals surface area contributed by atoms with Crippen LogP contribution in [0, 0.1) is 6.92 Å². The fraction of sp³-hybridized carbons (Fsp3) is 0.375. The summed E-state index contributed by atoms with van der Waals surface area (Å²) >= 11 is 0. The predicted octanol–water partition coefficient (Wildman–Crippen LogP) is 3.52. The van der Waals surface area contributed by atoms with Crippen LogP contribution in [-0.4, -0.2) is 11.6 Å². The molecule has 1 unspecified atom stereocenters. The highest BCUT2D eigenvalue weighted by Gasteiger charge is 2.07. The molecule has 2 rings (SSSR count). The van der Waals surface area contributed by atoms with Crippen LogP contribution in [0.5, 0.6) is 0 Å². The van der Waals surface area contributed by atoms with Crippen LogP contribution in [0.1, 0.15) is 36.1 Å². The molecule has 2 heteroatoms. The van der Waals surface area contributed by atoms with Gasteiger partial charge in [0, 0.05) is 25.0 Å². The molecule has 0 bridgehead atoms. The summed E-state index contributed by atoms with van der Waals surface area (Å²) in [5.41, 5.74) is 4.03. The van der Waals surface area contributed by atoms with Crippen LogP contribution in [0.25, 0.3) is 0 Å². The molecule has 2 nitrogen and oxygen atoms in total. The lowest BCUT2D eigenvalue weighted by atomic mass is 10.1. The Balaban J connectivity index is 2.08. The molecule has 0 aliphatic heterocycles. The van der Waals surface area contributed by atoms with Gasteiger partial charge in [0.2, 0.25) is 0 Å². The predicted molar refractivity (Wildman–Crippen MR) is 76.8 cm³/mol. The van der Waals surface area contributed by atoms with Gasteiger partial charge in [0.1, 0.15) is 0 Å². The van der Waals surface area contributed by atoms with Gasteiger partial charge in [-0.3, -0.25) is 0 Å². The van der Waals surface area contributed by atoms with Crippen molar-refractivity contribution < 1.29 is 0 Å². The van der Waals surface area contributed by atoms with E-state index in [-0.39, 0.29) is 0 Å². The van der Waals surface area contributed by atoms with Gasteiger partial charge in [0.25, 0.3) is 0 Å². The first kappa shape index (κ1) is 12.9. The summed E-state index contributed by atoms with van der Waals surface area (Å²) in [5, 5.41) is 3.34. The summed E-state index contributed by atoms with van der Waals surface area (Å²) in [6.07, 6.45) is 5.52.